The van der Waals surface area contributed by atoms with Gasteiger partial charge in [-0.05, 0) is 24.6 Å². The van der Waals surface area contributed by atoms with Gasteiger partial charge in [0.2, 0.25) is 0 Å². The lowest BCUT2D eigenvalue weighted by molar-refractivity contribution is 0.186. The van der Waals surface area contributed by atoms with Gasteiger partial charge < -0.3 is 4.74 Å². The van der Waals surface area contributed by atoms with Crippen LogP contribution in [0.4, 0.5) is 0 Å². The van der Waals surface area contributed by atoms with Crippen molar-refractivity contribution in [2.24, 2.45) is 0 Å². The van der Waals surface area contributed by atoms with Crippen LogP contribution in [0.1, 0.15) is 5.69 Å². The maximum absolute atomic E-state index is 12.6. The molecule has 0 aliphatic carbocycles. The molecule has 0 aliphatic heterocycles. The number of benzene rings is 1. The van der Waals surface area contributed by atoms with Gasteiger partial charge in [-0.2, -0.15) is 9.61 Å². The first-order valence-electron chi connectivity index (χ1n) is 7.96. The Kier molecular flexibility index (Phi) is 4.14. The van der Waals surface area contributed by atoms with Gasteiger partial charge in [0.15, 0.2) is 16.8 Å². The number of nitrogens with zero attached hydrogens (tertiary/aromatic N) is 6. The smallest absolute Gasteiger partial charge is 0.283 e. The molecule has 0 radical (unpaired) electrons. The second-order valence-electron chi connectivity index (χ2n) is 5.81. The van der Waals surface area contributed by atoms with Crippen molar-refractivity contribution < 1.29 is 4.74 Å². The van der Waals surface area contributed by atoms with Crippen LogP contribution in [0, 0.1) is 6.92 Å². The van der Waals surface area contributed by atoms with Crippen molar-refractivity contribution in [3.05, 3.63) is 51.7 Å². The average Bonchev–Trinajstić information content (AvgIpc) is 2.98. The van der Waals surface area contributed by atoms with Crippen LogP contribution in [-0.2, 0) is 11.3 Å². The number of rotatable bonds is 4. The SMILES string of the molecule is COCCn1cnc2c(nnc3c(-c4ccc(Cl)cc4)c(C)nn32)c1=O. The minimum absolute atomic E-state index is 0.168. The van der Waals surface area contributed by atoms with Crippen LogP contribution < -0.4 is 5.56 Å². The minimum atomic E-state index is -0.275. The molecule has 132 valence electrons. The fourth-order valence-corrected chi connectivity index (χ4v) is 2.99. The summed E-state index contributed by atoms with van der Waals surface area (Å²) in [5.74, 6) is 0. The summed E-state index contributed by atoms with van der Waals surface area (Å²) in [6, 6.07) is 7.41. The van der Waals surface area contributed by atoms with E-state index < -0.39 is 0 Å². The summed E-state index contributed by atoms with van der Waals surface area (Å²) in [6.45, 7) is 2.68. The molecule has 3 aromatic heterocycles. The van der Waals surface area contributed by atoms with Crippen molar-refractivity contribution in [3.8, 4) is 11.1 Å². The molecule has 4 rings (SSSR count). The number of hydrogen-bond donors (Lipinski definition) is 0. The summed E-state index contributed by atoms with van der Waals surface area (Å²) in [5, 5.41) is 13.5. The summed E-state index contributed by atoms with van der Waals surface area (Å²) in [5.41, 5.74) is 3.32. The zero-order valence-corrected chi connectivity index (χ0v) is 14.9. The van der Waals surface area contributed by atoms with E-state index in [0.29, 0.717) is 29.5 Å². The number of methoxy groups -OCH3 is 1. The van der Waals surface area contributed by atoms with E-state index in [2.05, 4.69) is 20.3 Å². The van der Waals surface area contributed by atoms with Gasteiger partial charge in [-0.25, -0.2) is 4.98 Å². The normalized spacial score (nSPS) is 11.5. The molecule has 4 aromatic rings. The van der Waals surface area contributed by atoms with Crippen molar-refractivity contribution in [1.29, 1.82) is 0 Å². The highest BCUT2D eigenvalue weighted by Crippen LogP contribution is 2.28. The number of hydrogen-bond acceptors (Lipinski definition) is 6. The van der Waals surface area contributed by atoms with E-state index in [1.807, 2.05) is 19.1 Å². The molecule has 0 atom stereocenters. The van der Waals surface area contributed by atoms with Crippen molar-refractivity contribution in [2.75, 3.05) is 13.7 Å². The largest absolute Gasteiger partial charge is 0.383 e. The predicted molar refractivity (Wildman–Crippen MR) is 97.4 cm³/mol. The van der Waals surface area contributed by atoms with Gasteiger partial charge in [0.05, 0.1) is 24.4 Å². The summed E-state index contributed by atoms with van der Waals surface area (Å²) in [6.07, 6.45) is 1.48. The molecule has 0 fully saturated rings. The molecular weight excluding hydrogens is 356 g/mol. The van der Waals surface area contributed by atoms with Crippen LogP contribution in [0.5, 0.6) is 0 Å². The first-order chi connectivity index (χ1) is 12.6. The molecule has 0 bridgehead atoms. The Labute approximate surface area is 153 Å². The van der Waals surface area contributed by atoms with Gasteiger partial charge in [0.25, 0.3) is 5.56 Å². The fraction of sp³-hybridized carbons (Fsp3) is 0.235. The third-order valence-electron chi connectivity index (χ3n) is 4.15. The second-order valence-corrected chi connectivity index (χ2v) is 6.25. The molecule has 9 heteroatoms. The van der Waals surface area contributed by atoms with Crippen molar-refractivity contribution in [2.45, 2.75) is 13.5 Å². The Hall–Kier alpha value is -2.84. The molecule has 0 unspecified atom stereocenters. The molecular formula is C17H15ClN6O2. The van der Waals surface area contributed by atoms with Crippen molar-refractivity contribution in [3.63, 3.8) is 0 Å². The topological polar surface area (TPSA) is 87.2 Å². The molecule has 3 heterocycles. The Bertz CT molecular complexity index is 1170. The van der Waals surface area contributed by atoms with Crippen LogP contribution in [0.15, 0.2) is 35.4 Å². The third kappa shape index (κ3) is 2.63. The molecule has 0 saturated heterocycles. The quantitative estimate of drug-likeness (QED) is 0.546. The molecule has 0 spiro atoms. The molecule has 0 amide bonds. The Morgan fingerprint density at radius 1 is 1.15 bits per heavy atom. The summed E-state index contributed by atoms with van der Waals surface area (Å²) in [4.78, 5) is 17.0. The van der Waals surface area contributed by atoms with E-state index in [0.717, 1.165) is 16.8 Å². The number of halogens is 1. The van der Waals surface area contributed by atoms with Gasteiger partial charge >= 0.3 is 0 Å². The zero-order valence-electron chi connectivity index (χ0n) is 14.2. The van der Waals surface area contributed by atoms with Crippen LogP contribution in [0.25, 0.3) is 27.9 Å². The predicted octanol–water partition coefficient (Wildman–Crippen LogP) is 2.11. The molecule has 0 aliphatic rings. The van der Waals surface area contributed by atoms with Crippen LogP contribution in [0.2, 0.25) is 5.02 Å². The Morgan fingerprint density at radius 3 is 2.65 bits per heavy atom. The number of fused-ring (bicyclic) bond motifs is 3. The number of aromatic nitrogens is 6. The summed E-state index contributed by atoms with van der Waals surface area (Å²) < 4.78 is 8.02. The van der Waals surface area contributed by atoms with E-state index in [4.69, 9.17) is 16.3 Å². The fourth-order valence-electron chi connectivity index (χ4n) is 2.87. The third-order valence-corrected chi connectivity index (χ3v) is 4.40. The minimum Gasteiger partial charge on any atom is -0.383 e. The highest BCUT2D eigenvalue weighted by atomic mass is 35.5. The summed E-state index contributed by atoms with van der Waals surface area (Å²) >= 11 is 5.97. The van der Waals surface area contributed by atoms with E-state index in [9.17, 15) is 4.79 Å². The summed E-state index contributed by atoms with van der Waals surface area (Å²) in [7, 11) is 1.58. The molecule has 8 nitrogen and oxygen atoms in total. The van der Waals surface area contributed by atoms with Crippen LogP contribution in [-0.4, -0.2) is 43.1 Å². The van der Waals surface area contributed by atoms with Gasteiger partial charge in [-0.15, -0.1) is 10.2 Å². The maximum Gasteiger partial charge on any atom is 0.283 e. The molecule has 26 heavy (non-hydrogen) atoms. The first-order valence-corrected chi connectivity index (χ1v) is 8.34. The number of aryl methyl sites for hydroxylation is 1. The van der Waals surface area contributed by atoms with Gasteiger partial charge in [0, 0.05) is 12.1 Å². The number of ether oxygens (including phenoxy) is 1. The van der Waals surface area contributed by atoms with E-state index in [1.54, 1.807) is 23.8 Å². The monoisotopic (exact) mass is 370 g/mol. The molecule has 0 N–H and O–H groups in total. The second kappa shape index (κ2) is 6.47. The van der Waals surface area contributed by atoms with Crippen molar-refractivity contribution in [1.82, 2.24) is 29.4 Å². The van der Waals surface area contributed by atoms with E-state index in [1.165, 1.54) is 10.9 Å². The van der Waals surface area contributed by atoms with Gasteiger partial charge in [0.1, 0.15) is 6.33 Å². The van der Waals surface area contributed by atoms with E-state index in [-0.39, 0.29) is 11.1 Å². The van der Waals surface area contributed by atoms with Crippen molar-refractivity contribution >= 4 is 28.4 Å². The van der Waals surface area contributed by atoms with Crippen LogP contribution >= 0.6 is 11.6 Å². The highest BCUT2D eigenvalue weighted by molar-refractivity contribution is 6.30. The first kappa shape index (κ1) is 16.6. The van der Waals surface area contributed by atoms with E-state index >= 15 is 0 Å². The van der Waals surface area contributed by atoms with Crippen LogP contribution in [0.3, 0.4) is 0 Å². The molecule has 0 saturated carbocycles. The highest BCUT2D eigenvalue weighted by Gasteiger charge is 2.18. The lowest BCUT2D eigenvalue weighted by Gasteiger charge is -2.05. The van der Waals surface area contributed by atoms with Gasteiger partial charge in [-0.1, -0.05) is 23.7 Å². The maximum atomic E-state index is 12.6. The lowest BCUT2D eigenvalue weighted by Crippen LogP contribution is -2.24. The Morgan fingerprint density at radius 2 is 1.92 bits per heavy atom. The molecule has 1 aromatic carbocycles. The average molecular weight is 371 g/mol. The lowest BCUT2D eigenvalue weighted by atomic mass is 10.1. The Balaban J connectivity index is 1.94. The zero-order chi connectivity index (χ0) is 18.3. The van der Waals surface area contributed by atoms with Gasteiger partial charge in [-0.3, -0.25) is 9.36 Å². The standard InChI is InChI=1S/C17H15ClN6O2/c1-10-13(11-3-5-12(18)6-4-11)15-21-20-14-16(24(15)22-10)19-9-23(17(14)25)7-8-26-2/h3-6,9H,7-8H2,1-2H3.